The SMILES string of the molecule is Cc1c(C)c(C(=O)c2c(C(F)(F)F)cccc2C(F)(F)F)c(C)c(C(=O)[PH](=O)c2ccccc2)c1C. The van der Waals surface area contributed by atoms with Crippen molar-refractivity contribution in [2.24, 2.45) is 0 Å². The fourth-order valence-electron chi connectivity index (χ4n) is 4.25. The Labute approximate surface area is 203 Å². The molecule has 0 aliphatic carbocycles. The smallest absolute Gasteiger partial charge is 0.313 e. The number of carbonyl (C=O) groups excluding carboxylic acids is 2. The highest BCUT2D eigenvalue weighted by Gasteiger charge is 2.43. The third kappa shape index (κ3) is 4.89. The van der Waals surface area contributed by atoms with Gasteiger partial charge in [0.1, 0.15) is 0 Å². The number of hydrogen-bond donors (Lipinski definition) is 0. The summed E-state index contributed by atoms with van der Waals surface area (Å²) in [7, 11) is -3.10. The van der Waals surface area contributed by atoms with E-state index in [9.17, 15) is 40.5 Å². The van der Waals surface area contributed by atoms with Gasteiger partial charge in [0.15, 0.2) is 13.6 Å². The lowest BCUT2D eigenvalue weighted by Crippen LogP contribution is -2.23. The molecule has 36 heavy (non-hydrogen) atoms. The molecule has 0 saturated carbocycles. The third-order valence-corrected chi connectivity index (χ3v) is 7.74. The van der Waals surface area contributed by atoms with Gasteiger partial charge in [-0.2, -0.15) is 26.3 Å². The van der Waals surface area contributed by atoms with E-state index in [1.165, 1.54) is 39.8 Å². The Morgan fingerprint density at radius 2 is 1.08 bits per heavy atom. The summed E-state index contributed by atoms with van der Waals surface area (Å²) in [5.41, 5.74) is -5.75. The molecule has 0 saturated heterocycles. The van der Waals surface area contributed by atoms with Crippen molar-refractivity contribution in [2.75, 3.05) is 0 Å². The maximum absolute atomic E-state index is 13.7. The van der Waals surface area contributed by atoms with Crippen LogP contribution in [0.4, 0.5) is 26.3 Å². The maximum Gasteiger partial charge on any atom is 0.417 e. The summed E-state index contributed by atoms with van der Waals surface area (Å²) < 4.78 is 95.4. The largest absolute Gasteiger partial charge is 0.417 e. The van der Waals surface area contributed by atoms with E-state index < -0.39 is 53.7 Å². The van der Waals surface area contributed by atoms with Gasteiger partial charge >= 0.3 is 12.4 Å². The topological polar surface area (TPSA) is 51.2 Å². The molecule has 0 amide bonds. The summed E-state index contributed by atoms with van der Waals surface area (Å²) in [6.45, 7) is 5.68. The molecule has 3 rings (SSSR count). The Bertz CT molecular complexity index is 1360. The molecular formula is C26H21F6O3P. The van der Waals surface area contributed by atoms with Gasteiger partial charge in [-0.3, -0.25) is 9.59 Å². The highest BCUT2D eigenvalue weighted by molar-refractivity contribution is 7.71. The highest BCUT2D eigenvalue weighted by atomic mass is 31.1. The quantitative estimate of drug-likeness (QED) is 0.201. The van der Waals surface area contributed by atoms with Gasteiger partial charge in [0.25, 0.3) is 0 Å². The van der Waals surface area contributed by atoms with Crippen molar-refractivity contribution >= 4 is 24.4 Å². The molecule has 0 fully saturated rings. The van der Waals surface area contributed by atoms with Crippen LogP contribution in [0.25, 0.3) is 0 Å². The van der Waals surface area contributed by atoms with E-state index in [-0.39, 0.29) is 22.0 Å². The first-order valence-electron chi connectivity index (χ1n) is 10.7. The molecule has 0 bridgehead atoms. The molecule has 0 aliphatic rings. The van der Waals surface area contributed by atoms with Gasteiger partial charge in [0.2, 0.25) is 5.52 Å². The van der Waals surface area contributed by atoms with Crippen LogP contribution in [-0.4, -0.2) is 11.3 Å². The Morgan fingerprint density at radius 1 is 0.611 bits per heavy atom. The van der Waals surface area contributed by atoms with Crippen molar-refractivity contribution < 1.29 is 40.5 Å². The van der Waals surface area contributed by atoms with Crippen molar-refractivity contribution in [2.45, 2.75) is 40.0 Å². The lowest BCUT2D eigenvalue weighted by molar-refractivity contribution is -0.143. The number of halogens is 6. The second-order valence-electron chi connectivity index (χ2n) is 8.33. The summed E-state index contributed by atoms with van der Waals surface area (Å²) >= 11 is 0. The molecule has 0 radical (unpaired) electrons. The summed E-state index contributed by atoms with van der Waals surface area (Å²) in [6.07, 6.45) is -10.5. The zero-order chi connectivity index (χ0) is 27.2. The highest BCUT2D eigenvalue weighted by Crippen LogP contribution is 2.42. The second kappa shape index (κ2) is 9.69. The van der Waals surface area contributed by atoms with E-state index in [1.54, 1.807) is 18.2 Å². The first-order chi connectivity index (χ1) is 16.6. The lowest BCUT2D eigenvalue weighted by atomic mass is 9.83. The number of carbonyl (C=O) groups is 2. The van der Waals surface area contributed by atoms with Gasteiger partial charge in [0, 0.05) is 22.0 Å². The maximum atomic E-state index is 13.7. The first-order valence-corrected chi connectivity index (χ1v) is 12.1. The van der Waals surface area contributed by atoms with E-state index in [1.807, 2.05) is 0 Å². The molecule has 0 heterocycles. The van der Waals surface area contributed by atoms with Crippen LogP contribution in [0.2, 0.25) is 0 Å². The summed E-state index contributed by atoms with van der Waals surface area (Å²) in [5.74, 6) is -1.51. The molecule has 3 aromatic carbocycles. The average molecular weight is 526 g/mol. The number of ketones is 1. The Balaban J connectivity index is 2.34. The van der Waals surface area contributed by atoms with E-state index in [2.05, 4.69) is 0 Å². The van der Waals surface area contributed by atoms with E-state index >= 15 is 0 Å². The van der Waals surface area contributed by atoms with Gasteiger partial charge in [0.05, 0.1) is 11.1 Å². The molecule has 1 atom stereocenters. The van der Waals surface area contributed by atoms with Crippen molar-refractivity contribution in [1.82, 2.24) is 0 Å². The molecule has 3 nitrogen and oxygen atoms in total. The Hall–Kier alpha value is -3.19. The molecular weight excluding hydrogens is 505 g/mol. The molecule has 0 spiro atoms. The van der Waals surface area contributed by atoms with Gasteiger partial charge in [-0.1, -0.05) is 36.4 Å². The van der Waals surface area contributed by atoms with E-state index in [0.29, 0.717) is 29.3 Å². The van der Waals surface area contributed by atoms with Gasteiger partial charge < -0.3 is 4.57 Å². The first kappa shape index (κ1) is 27.4. The molecule has 0 aliphatic heterocycles. The average Bonchev–Trinajstić information content (AvgIpc) is 2.81. The minimum absolute atomic E-state index is 0.120. The van der Waals surface area contributed by atoms with Crippen LogP contribution in [0.3, 0.4) is 0 Å². The summed E-state index contributed by atoms with van der Waals surface area (Å²) in [6, 6.07) is 9.17. The zero-order valence-electron chi connectivity index (χ0n) is 19.6. The second-order valence-corrected chi connectivity index (χ2v) is 10.0. The zero-order valence-corrected chi connectivity index (χ0v) is 20.6. The van der Waals surface area contributed by atoms with Gasteiger partial charge in [-0.05, 0) is 62.1 Å². The molecule has 10 heteroatoms. The van der Waals surface area contributed by atoms with Gasteiger partial charge in [-0.15, -0.1) is 0 Å². The predicted octanol–water partition coefficient (Wildman–Crippen LogP) is 7.21. The number of benzene rings is 3. The van der Waals surface area contributed by atoms with Crippen molar-refractivity contribution in [3.8, 4) is 0 Å². The van der Waals surface area contributed by atoms with Crippen LogP contribution in [0.1, 0.15) is 59.7 Å². The monoisotopic (exact) mass is 526 g/mol. The number of alkyl halides is 6. The normalized spacial score (nSPS) is 12.9. The molecule has 190 valence electrons. The Morgan fingerprint density at radius 3 is 1.56 bits per heavy atom. The van der Waals surface area contributed by atoms with Gasteiger partial charge in [-0.25, -0.2) is 0 Å². The number of rotatable bonds is 5. The third-order valence-electron chi connectivity index (χ3n) is 6.22. The molecule has 0 aromatic heterocycles. The number of hydrogen-bond acceptors (Lipinski definition) is 3. The van der Waals surface area contributed by atoms with Crippen molar-refractivity contribution in [1.29, 1.82) is 0 Å². The van der Waals surface area contributed by atoms with Crippen LogP contribution >= 0.6 is 7.80 Å². The van der Waals surface area contributed by atoms with E-state index in [4.69, 9.17) is 0 Å². The van der Waals surface area contributed by atoms with Crippen LogP contribution in [0.15, 0.2) is 48.5 Å². The minimum Gasteiger partial charge on any atom is -0.313 e. The Kier molecular flexibility index (Phi) is 7.38. The van der Waals surface area contributed by atoms with Crippen LogP contribution in [0.5, 0.6) is 0 Å². The molecule has 0 N–H and O–H groups in total. The summed E-state index contributed by atoms with van der Waals surface area (Å²) in [4.78, 5) is 26.8. The molecule has 1 unspecified atom stereocenters. The fraction of sp³-hybridized carbons (Fsp3) is 0.231. The van der Waals surface area contributed by atoms with Crippen molar-refractivity contribution in [3.05, 3.63) is 98.6 Å². The van der Waals surface area contributed by atoms with E-state index in [0.717, 1.165) is 0 Å². The standard InChI is InChI=1S/C26H21F6O3P/c1-13-14(2)20(16(4)21(15(13)3)24(34)36(35)17-9-6-5-7-10-17)23(33)22-18(25(27,28)29)11-8-12-19(22)26(30,31)32/h5-12,36H,1-4H3. The lowest BCUT2D eigenvalue weighted by Gasteiger charge is -2.22. The van der Waals surface area contributed by atoms with Crippen molar-refractivity contribution in [3.63, 3.8) is 0 Å². The van der Waals surface area contributed by atoms with Crippen LogP contribution in [-0.2, 0) is 16.9 Å². The predicted molar refractivity (Wildman–Crippen MR) is 125 cm³/mol. The fourth-order valence-corrected chi connectivity index (χ4v) is 5.61. The minimum atomic E-state index is -5.25. The molecule has 3 aromatic rings. The van der Waals surface area contributed by atoms with Crippen LogP contribution in [0, 0.1) is 27.7 Å². The van der Waals surface area contributed by atoms with Crippen LogP contribution < -0.4 is 5.30 Å². The summed E-state index contributed by atoms with van der Waals surface area (Å²) in [5, 5.41) is 0.235.